The Morgan fingerprint density at radius 2 is 1.53 bits per heavy atom. The summed E-state index contributed by atoms with van der Waals surface area (Å²) in [6.07, 6.45) is 3.91. The van der Waals surface area contributed by atoms with Crippen LogP contribution in [0.1, 0.15) is 63.9 Å². The fourth-order valence-electron chi connectivity index (χ4n) is 6.93. The van der Waals surface area contributed by atoms with Gasteiger partial charge in [-0.2, -0.15) is 17.4 Å². The lowest BCUT2D eigenvalue weighted by atomic mass is 9.83. The summed E-state index contributed by atoms with van der Waals surface area (Å²) >= 11 is 0. The van der Waals surface area contributed by atoms with E-state index in [1.165, 1.54) is 11.2 Å². The minimum absolute atomic E-state index is 0.00244. The number of aliphatic hydroxyl groups excluding tert-OH is 1. The van der Waals surface area contributed by atoms with Gasteiger partial charge in [-0.25, -0.2) is 0 Å². The van der Waals surface area contributed by atoms with Crippen LogP contribution in [0.25, 0.3) is 0 Å². The van der Waals surface area contributed by atoms with Crippen LogP contribution < -0.4 is 26.0 Å². The summed E-state index contributed by atoms with van der Waals surface area (Å²) in [7, 11) is -4.11. The molecular weight excluding hydrogens is 731 g/mol. The second kappa shape index (κ2) is 23.4. The molecule has 0 aromatic heterocycles. The Morgan fingerprint density at radius 1 is 0.873 bits per heavy atom. The quantitative estimate of drug-likeness (QED) is 0.0985. The Morgan fingerprint density at radius 3 is 2.20 bits per heavy atom. The summed E-state index contributed by atoms with van der Waals surface area (Å²) in [6.45, 7) is 6.02. The molecule has 1 saturated carbocycles. The highest BCUT2D eigenvalue weighted by atomic mass is 32.2. The fourth-order valence-corrected chi connectivity index (χ4v) is 8.25. The van der Waals surface area contributed by atoms with Gasteiger partial charge >= 0.3 is 0 Å². The zero-order chi connectivity index (χ0) is 39.5. The maximum absolute atomic E-state index is 14.1. The number of rotatable bonds is 19. The van der Waals surface area contributed by atoms with Crippen molar-refractivity contribution in [2.45, 2.75) is 88.9 Å². The molecular formula is C38H59N7O9S. The van der Waals surface area contributed by atoms with E-state index in [4.69, 9.17) is 9.47 Å². The van der Waals surface area contributed by atoms with Gasteiger partial charge < -0.3 is 35.8 Å². The van der Waals surface area contributed by atoms with Crippen molar-refractivity contribution in [1.82, 2.24) is 35.2 Å². The number of carbonyl (C=O) groups is 4. The van der Waals surface area contributed by atoms with Gasteiger partial charge in [0.05, 0.1) is 51.5 Å². The minimum atomic E-state index is -4.11. The van der Waals surface area contributed by atoms with E-state index < -0.39 is 46.3 Å². The number of amides is 4. The van der Waals surface area contributed by atoms with Crippen LogP contribution in [-0.2, 0) is 45.3 Å². The molecule has 6 N–H and O–H groups in total. The number of nitrogens with zero attached hydrogens (tertiary/aromatic N) is 2. The first-order valence-corrected chi connectivity index (χ1v) is 20.9. The van der Waals surface area contributed by atoms with E-state index in [2.05, 4.69) is 42.7 Å². The number of ether oxygens (including phenoxy) is 2. The van der Waals surface area contributed by atoms with Crippen LogP contribution in [0.4, 0.5) is 0 Å². The lowest BCUT2D eigenvalue weighted by Gasteiger charge is -2.32. The number of hydrogen-bond acceptors (Lipinski definition) is 10. The normalized spacial score (nSPS) is 19.5. The third-order valence-corrected chi connectivity index (χ3v) is 11.7. The van der Waals surface area contributed by atoms with Crippen molar-refractivity contribution in [3.05, 3.63) is 35.9 Å². The second-order valence-electron chi connectivity index (χ2n) is 14.3. The van der Waals surface area contributed by atoms with Crippen molar-refractivity contribution < 1.29 is 42.2 Å². The van der Waals surface area contributed by atoms with Crippen molar-refractivity contribution in [1.29, 1.82) is 0 Å². The van der Waals surface area contributed by atoms with Crippen molar-refractivity contribution >= 4 is 33.8 Å². The summed E-state index contributed by atoms with van der Waals surface area (Å²) in [5.41, 5.74) is 0.697. The number of nitrogens with one attached hydrogen (secondary N) is 5. The molecule has 3 fully saturated rings. The smallest absolute Gasteiger partial charge is 0.280 e. The topological polar surface area (TPSA) is 208 Å². The fraction of sp³-hybridized carbons (Fsp3) is 0.684. The SMILES string of the molecule is CC(=O)NCC#CCC(NC(=O)C(Cc1ccccc1)NS(=O)(=O)N1CCOCC1)C(=O)NC(CC1CCCCC1)C(O)CC(=O)NCCN1CCOCC1. The van der Waals surface area contributed by atoms with Gasteiger partial charge in [-0.15, -0.1) is 0 Å². The number of benzene rings is 1. The standard InChI is InChI=1S/C38H59N7O9S/c1-29(46)39-15-9-8-14-32(41-38(50)34(27-31-12-6-3-7-13-31)43-55(51,52)45-20-24-54-25-21-45)37(49)42-33(26-30-10-4-2-5-11-30)35(47)28-36(48)40-16-17-44-18-22-53-23-19-44/h3,6-7,12-13,30,32-35,43,47H,2,4-5,10-11,14-28H2,1H3,(H,39,46)(H,40,48)(H,41,50)(H,42,49). The van der Waals surface area contributed by atoms with Crippen LogP contribution in [0.2, 0.25) is 0 Å². The Kier molecular flexibility index (Phi) is 18.8. The molecule has 2 saturated heterocycles. The summed E-state index contributed by atoms with van der Waals surface area (Å²) in [5, 5.41) is 22.5. The van der Waals surface area contributed by atoms with Crippen molar-refractivity contribution in [2.75, 3.05) is 72.2 Å². The Bertz CT molecular complexity index is 1540. The molecule has 2 heterocycles. The number of carbonyl (C=O) groups excluding carboxylic acids is 4. The van der Waals surface area contributed by atoms with Gasteiger partial charge in [0.25, 0.3) is 10.2 Å². The first-order chi connectivity index (χ1) is 26.5. The molecule has 1 aromatic rings. The van der Waals surface area contributed by atoms with Crippen LogP contribution in [0.3, 0.4) is 0 Å². The van der Waals surface area contributed by atoms with Gasteiger partial charge in [0.2, 0.25) is 23.6 Å². The molecule has 55 heavy (non-hydrogen) atoms. The molecule has 0 radical (unpaired) electrons. The molecule has 1 aromatic carbocycles. The lowest BCUT2D eigenvalue weighted by molar-refractivity contribution is -0.131. The molecule has 0 spiro atoms. The summed E-state index contributed by atoms with van der Waals surface area (Å²) in [5.74, 6) is 3.86. The van der Waals surface area contributed by atoms with Gasteiger partial charge in [-0.3, -0.25) is 24.1 Å². The predicted octanol–water partition coefficient (Wildman–Crippen LogP) is -0.567. The van der Waals surface area contributed by atoms with Crippen molar-refractivity contribution in [3.8, 4) is 11.8 Å². The molecule has 0 bridgehead atoms. The third-order valence-electron chi connectivity index (χ3n) is 10.0. The molecule has 4 amide bonds. The van der Waals surface area contributed by atoms with E-state index >= 15 is 0 Å². The zero-order valence-corrected chi connectivity index (χ0v) is 32.7. The van der Waals surface area contributed by atoms with Gasteiger partial charge in [0.1, 0.15) is 12.1 Å². The van der Waals surface area contributed by atoms with Gasteiger partial charge in [0, 0.05) is 52.6 Å². The average Bonchev–Trinajstić information content (AvgIpc) is 3.18. The predicted molar refractivity (Wildman–Crippen MR) is 205 cm³/mol. The highest BCUT2D eigenvalue weighted by molar-refractivity contribution is 7.87. The summed E-state index contributed by atoms with van der Waals surface area (Å²) in [4.78, 5) is 54.7. The highest BCUT2D eigenvalue weighted by Gasteiger charge is 2.34. The first-order valence-electron chi connectivity index (χ1n) is 19.4. The van der Waals surface area contributed by atoms with Crippen LogP contribution in [-0.4, -0.2) is 143 Å². The lowest BCUT2D eigenvalue weighted by Crippen LogP contribution is -2.58. The van der Waals surface area contributed by atoms with E-state index in [-0.39, 0.29) is 69.8 Å². The van der Waals surface area contributed by atoms with Crippen LogP contribution >= 0.6 is 0 Å². The van der Waals surface area contributed by atoms with E-state index in [9.17, 15) is 32.7 Å². The maximum Gasteiger partial charge on any atom is 0.280 e. The third kappa shape index (κ3) is 16.2. The Balaban J connectivity index is 1.50. The molecule has 1 aliphatic carbocycles. The first kappa shape index (κ1) is 44.1. The number of hydrogen-bond donors (Lipinski definition) is 6. The number of morpholine rings is 2. The summed E-state index contributed by atoms with van der Waals surface area (Å²) in [6, 6.07) is 5.58. The van der Waals surface area contributed by atoms with Crippen LogP contribution in [0.5, 0.6) is 0 Å². The van der Waals surface area contributed by atoms with E-state index in [1.54, 1.807) is 24.3 Å². The second-order valence-corrected chi connectivity index (χ2v) is 16.0. The molecule has 17 heteroatoms. The largest absolute Gasteiger partial charge is 0.390 e. The Labute approximate surface area is 325 Å². The number of aliphatic hydroxyl groups is 1. The van der Waals surface area contributed by atoms with Crippen molar-refractivity contribution in [2.24, 2.45) is 5.92 Å². The summed E-state index contributed by atoms with van der Waals surface area (Å²) < 4.78 is 41.3. The monoisotopic (exact) mass is 789 g/mol. The molecule has 4 atom stereocenters. The van der Waals surface area contributed by atoms with E-state index in [0.29, 0.717) is 38.3 Å². The average molecular weight is 790 g/mol. The van der Waals surface area contributed by atoms with Gasteiger partial charge in [-0.1, -0.05) is 74.3 Å². The van der Waals surface area contributed by atoms with E-state index in [1.807, 2.05) is 6.07 Å². The molecule has 16 nitrogen and oxygen atoms in total. The van der Waals surface area contributed by atoms with Crippen LogP contribution in [0.15, 0.2) is 30.3 Å². The zero-order valence-electron chi connectivity index (χ0n) is 31.9. The van der Waals surface area contributed by atoms with Gasteiger partial charge in [-0.05, 0) is 24.3 Å². The highest BCUT2D eigenvalue weighted by Crippen LogP contribution is 2.28. The molecule has 4 unspecified atom stereocenters. The molecule has 2 aliphatic heterocycles. The van der Waals surface area contributed by atoms with Crippen molar-refractivity contribution in [3.63, 3.8) is 0 Å². The van der Waals surface area contributed by atoms with Gasteiger partial charge in [0.15, 0.2) is 0 Å². The van der Waals surface area contributed by atoms with E-state index in [0.717, 1.165) is 45.2 Å². The van der Waals surface area contributed by atoms with Crippen LogP contribution in [0, 0.1) is 17.8 Å². The Hall–Kier alpha value is -3.63. The molecule has 4 rings (SSSR count). The minimum Gasteiger partial charge on any atom is -0.390 e. The molecule has 306 valence electrons. The molecule has 3 aliphatic rings. The maximum atomic E-state index is 14.1.